The van der Waals surface area contributed by atoms with E-state index in [2.05, 4.69) is 0 Å². The molecule has 0 fully saturated rings. The van der Waals surface area contributed by atoms with Gasteiger partial charge in [0, 0.05) is 11.6 Å². The van der Waals surface area contributed by atoms with Crippen molar-refractivity contribution in [3.63, 3.8) is 0 Å². The molecule has 0 aliphatic heterocycles. The van der Waals surface area contributed by atoms with Crippen molar-refractivity contribution in [1.29, 1.82) is 5.26 Å². The van der Waals surface area contributed by atoms with E-state index in [0.717, 1.165) is 17.4 Å². The molecule has 0 saturated heterocycles. The summed E-state index contributed by atoms with van der Waals surface area (Å²) in [4.78, 5) is 11.1. The summed E-state index contributed by atoms with van der Waals surface area (Å²) in [7, 11) is 0. The van der Waals surface area contributed by atoms with Crippen molar-refractivity contribution in [2.75, 3.05) is 0 Å². The van der Waals surface area contributed by atoms with Gasteiger partial charge in [0.25, 0.3) is 0 Å². The van der Waals surface area contributed by atoms with Crippen LogP contribution in [0.3, 0.4) is 0 Å². The number of thiophene rings is 1. The minimum absolute atomic E-state index is 0.0382. The van der Waals surface area contributed by atoms with E-state index in [1.165, 1.54) is 12.1 Å². The Kier molecular flexibility index (Phi) is 3.78. The van der Waals surface area contributed by atoms with Crippen molar-refractivity contribution in [1.82, 2.24) is 0 Å². The van der Waals surface area contributed by atoms with Crippen molar-refractivity contribution in [2.45, 2.75) is 6.61 Å². The number of benzene rings is 1. The zero-order valence-corrected chi connectivity index (χ0v) is 10.4. The Balaban J connectivity index is 2.11. The van der Waals surface area contributed by atoms with E-state index in [1.54, 1.807) is 17.5 Å². The minimum Gasteiger partial charge on any atom is -0.489 e. The predicted molar refractivity (Wildman–Crippen MR) is 66.7 cm³/mol. The Labute approximate surface area is 112 Å². The number of hydrogen-bond acceptors (Lipinski definition) is 4. The second-order valence-electron chi connectivity index (χ2n) is 3.62. The molecule has 0 aliphatic carbocycles. The third kappa shape index (κ3) is 2.89. The molecule has 1 aromatic heterocycles. The summed E-state index contributed by atoms with van der Waals surface area (Å²) >= 11 is 1.11. The number of carboxylic acids is 1. The second kappa shape index (κ2) is 5.50. The van der Waals surface area contributed by atoms with Crippen LogP contribution >= 0.6 is 11.3 Å². The summed E-state index contributed by atoms with van der Waals surface area (Å²) < 4.78 is 18.6. The van der Waals surface area contributed by atoms with E-state index < -0.39 is 11.8 Å². The second-order valence-corrected chi connectivity index (χ2v) is 4.54. The number of nitriles is 1. The molecule has 0 unspecified atom stereocenters. The summed E-state index contributed by atoms with van der Waals surface area (Å²) in [6, 6.07) is 7.24. The van der Waals surface area contributed by atoms with Crippen LogP contribution in [0.1, 0.15) is 20.8 Å². The van der Waals surface area contributed by atoms with Gasteiger partial charge in [-0.05, 0) is 23.6 Å². The fourth-order valence-corrected chi connectivity index (χ4v) is 2.22. The first kappa shape index (κ1) is 13.1. The third-order valence-corrected chi connectivity index (χ3v) is 3.34. The monoisotopic (exact) mass is 277 g/mol. The van der Waals surface area contributed by atoms with Crippen LogP contribution < -0.4 is 4.74 Å². The maximum atomic E-state index is 13.3. The molecule has 96 valence electrons. The number of ether oxygens (including phenoxy) is 1. The molecular weight excluding hydrogens is 269 g/mol. The lowest BCUT2D eigenvalue weighted by Crippen LogP contribution is -2.02. The first-order valence-corrected chi connectivity index (χ1v) is 6.12. The number of aromatic carboxylic acids is 1. The molecule has 2 aromatic rings. The fraction of sp³-hybridized carbons (Fsp3) is 0.0769. The largest absolute Gasteiger partial charge is 0.489 e. The van der Waals surface area contributed by atoms with Gasteiger partial charge in [0.15, 0.2) is 0 Å². The lowest BCUT2D eigenvalue weighted by molar-refractivity contribution is 0.0699. The first-order valence-electron chi connectivity index (χ1n) is 5.24. The van der Waals surface area contributed by atoms with E-state index in [9.17, 15) is 9.18 Å². The highest BCUT2D eigenvalue weighted by atomic mass is 32.1. The van der Waals surface area contributed by atoms with Gasteiger partial charge in [0.1, 0.15) is 29.1 Å². The normalized spacial score (nSPS) is 9.89. The van der Waals surface area contributed by atoms with Crippen molar-refractivity contribution in [3.05, 3.63) is 51.5 Å². The Morgan fingerprint density at radius 1 is 1.47 bits per heavy atom. The molecule has 0 spiro atoms. The summed E-state index contributed by atoms with van der Waals surface area (Å²) in [6.45, 7) is 0.0382. The van der Waals surface area contributed by atoms with Gasteiger partial charge in [0.2, 0.25) is 0 Å². The van der Waals surface area contributed by atoms with Gasteiger partial charge in [-0.2, -0.15) is 5.26 Å². The van der Waals surface area contributed by atoms with Gasteiger partial charge >= 0.3 is 5.97 Å². The van der Waals surface area contributed by atoms with E-state index in [4.69, 9.17) is 15.1 Å². The van der Waals surface area contributed by atoms with Crippen molar-refractivity contribution < 1.29 is 19.0 Å². The number of hydrogen-bond donors (Lipinski definition) is 1. The SMILES string of the molecule is N#Cc1ccc(OCc2ccsc2C(=O)O)cc1F. The Morgan fingerprint density at radius 3 is 2.89 bits per heavy atom. The van der Waals surface area contributed by atoms with Crippen LogP contribution in [0.5, 0.6) is 5.75 Å². The number of rotatable bonds is 4. The minimum atomic E-state index is -1.01. The quantitative estimate of drug-likeness (QED) is 0.932. The molecule has 0 amide bonds. The highest BCUT2D eigenvalue weighted by Gasteiger charge is 2.12. The summed E-state index contributed by atoms with van der Waals surface area (Å²) in [5.74, 6) is -1.43. The number of nitrogens with zero attached hydrogens (tertiary/aromatic N) is 1. The molecule has 1 aromatic carbocycles. The van der Waals surface area contributed by atoms with E-state index >= 15 is 0 Å². The maximum Gasteiger partial charge on any atom is 0.346 e. The number of carboxylic acid groups (broad SMARTS) is 1. The molecule has 1 heterocycles. The summed E-state index contributed by atoms with van der Waals surface area (Å²) in [6.07, 6.45) is 0. The van der Waals surface area contributed by atoms with Crippen molar-refractivity contribution in [2.24, 2.45) is 0 Å². The lowest BCUT2D eigenvalue weighted by atomic mass is 10.2. The fourth-order valence-electron chi connectivity index (χ4n) is 1.47. The molecule has 0 radical (unpaired) electrons. The van der Waals surface area contributed by atoms with Crippen LogP contribution in [0, 0.1) is 17.1 Å². The van der Waals surface area contributed by atoms with Gasteiger partial charge in [-0.1, -0.05) is 0 Å². The van der Waals surface area contributed by atoms with Crippen molar-refractivity contribution >= 4 is 17.3 Å². The van der Waals surface area contributed by atoms with Gasteiger partial charge in [-0.25, -0.2) is 9.18 Å². The van der Waals surface area contributed by atoms with Crippen LogP contribution in [-0.2, 0) is 6.61 Å². The number of carbonyl (C=O) groups is 1. The Bertz CT molecular complexity index is 660. The van der Waals surface area contributed by atoms with Crippen LogP contribution in [0.2, 0.25) is 0 Å². The Morgan fingerprint density at radius 2 is 2.26 bits per heavy atom. The van der Waals surface area contributed by atoms with Gasteiger partial charge < -0.3 is 9.84 Å². The topological polar surface area (TPSA) is 70.3 Å². The zero-order valence-electron chi connectivity index (χ0n) is 9.59. The molecule has 0 bridgehead atoms. The molecule has 6 heteroatoms. The van der Waals surface area contributed by atoms with Crippen LogP contribution in [-0.4, -0.2) is 11.1 Å². The molecule has 0 atom stereocenters. The smallest absolute Gasteiger partial charge is 0.346 e. The van der Waals surface area contributed by atoms with E-state index in [-0.39, 0.29) is 22.8 Å². The number of halogens is 1. The van der Waals surface area contributed by atoms with Crippen LogP contribution in [0.4, 0.5) is 4.39 Å². The van der Waals surface area contributed by atoms with E-state index in [0.29, 0.717) is 5.56 Å². The lowest BCUT2D eigenvalue weighted by Gasteiger charge is -2.06. The molecule has 0 aliphatic rings. The summed E-state index contributed by atoms with van der Waals surface area (Å²) in [5.41, 5.74) is 0.469. The highest BCUT2D eigenvalue weighted by Crippen LogP contribution is 2.21. The maximum absolute atomic E-state index is 13.3. The highest BCUT2D eigenvalue weighted by molar-refractivity contribution is 7.12. The standard InChI is InChI=1S/C13H8FNO3S/c14-11-5-10(2-1-8(11)6-15)18-7-9-3-4-19-12(9)13(16)17/h1-5H,7H2,(H,16,17). The van der Waals surface area contributed by atoms with Crippen LogP contribution in [0.25, 0.3) is 0 Å². The predicted octanol–water partition coefficient (Wildman–Crippen LogP) is 3.04. The van der Waals surface area contributed by atoms with Gasteiger partial charge in [-0.3, -0.25) is 0 Å². The molecular formula is C13H8FNO3S. The molecule has 2 rings (SSSR count). The van der Waals surface area contributed by atoms with Gasteiger partial charge in [-0.15, -0.1) is 11.3 Å². The zero-order chi connectivity index (χ0) is 13.8. The van der Waals surface area contributed by atoms with Crippen molar-refractivity contribution in [3.8, 4) is 11.8 Å². The van der Waals surface area contributed by atoms with E-state index in [1.807, 2.05) is 0 Å². The first-order chi connectivity index (χ1) is 9.11. The molecule has 0 saturated carbocycles. The third-order valence-electron chi connectivity index (χ3n) is 2.40. The molecule has 4 nitrogen and oxygen atoms in total. The van der Waals surface area contributed by atoms with Gasteiger partial charge in [0.05, 0.1) is 5.56 Å². The Hall–Kier alpha value is -2.39. The molecule has 1 N–H and O–H groups in total. The average molecular weight is 277 g/mol. The van der Waals surface area contributed by atoms with Crippen LogP contribution in [0.15, 0.2) is 29.6 Å². The summed E-state index contributed by atoms with van der Waals surface area (Å²) in [5, 5.41) is 19.2. The molecule has 19 heavy (non-hydrogen) atoms. The average Bonchev–Trinajstić information content (AvgIpc) is 2.85.